The van der Waals surface area contributed by atoms with Gasteiger partial charge in [0.05, 0.1) is 6.54 Å². The van der Waals surface area contributed by atoms with Crippen LogP contribution in [0.3, 0.4) is 0 Å². The lowest BCUT2D eigenvalue weighted by Crippen LogP contribution is -1.99. The van der Waals surface area contributed by atoms with Crippen LogP contribution in [0.1, 0.15) is 31.2 Å². The molecule has 4 nitrogen and oxygen atoms in total. The zero-order valence-electron chi connectivity index (χ0n) is 11.1. The highest BCUT2D eigenvalue weighted by Gasteiger charge is 2.08. The van der Waals surface area contributed by atoms with Gasteiger partial charge in [-0.3, -0.25) is 0 Å². The number of benzene rings is 1. The van der Waals surface area contributed by atoms with Crippen LogP contribution in [0.25, 0.3) is 11.4 Å². The first-order valence-electron chi connectivity index (χ1n) is 6.44. The summed E-state index contributed by atoms with van der Waals surface area (Å²) < 4.78 is 1.78. The Hall–Kier alpha value is -1.68. The molecule has 0 radical (unpaired) electrons. The topological polar surface area (TPSA) is 56.7 Å². The van der Waals surface area contributed by atoms with Crippen LogP contribution < -0.4 is 5.73 Å². The highest BCUT2D eigenvalue weighted by molar-refractivity contribution is 5.55. The van der Waals surface area contributed by atoms with E-state index >= 15 is 0 Å². The fourth-order valence-corrected chi connectivity index (χ4v) is 1.98. The van der Waals surface area contributed by atoms with E-state index in [1.165, 1.54) is 18.4 Å². The molecule has 0 fully saturated rings. The molecule has 0 unspecified atom stereocenters. The summed E-state index contributed by atoms with van der Waals surface area (Å²) >= 11 is 0. The molecule has 0 saturated heterocycles. The van der Waals surface area contributed by atoms with Crippen molar-refractivity contribution >= 4 is 0 Å². The van der Waals surface area contributed by atoms with E-state index in [-0.39, 0.29) is 0 Å². The van der Waals surface area contributed by atoms with Gasteiger partial charge >= 0.3 is 0 Å². The van der Waals surface area contributed by atoms with Crippen LogP contribution in [0.15, 0.2) is 24.3 Å². The maximum atomic E-state index is 5.55. The van der Waals surface area contributed by atoms with Crippen LogP contribution in [0.5, 0.6) is 0 Å². The van der Waals surface area contributed by atoms with Crippen molar-refractivity contribution in [1.29, 1.82) is 0 Å². The molecule has 0 spiro atoms. The van der Waals surface area contributed by atoms with Gasteiger partial charge in [0.2, 0.25) is 0 Å². The van der Waals surface area contributed by atoms with Crippen molar-refractivity contribution < 1.29 is 0 Å². The molecule has 0 aliphatic heterocycles. The van der Waals surface area contributed by atoms with Crippen LogP contribution in [-0.2, 0) is 20.0 Å². The van der Waals surface area contributed by atoms with Crippen molar-refractivity contribution in [1.82, 2.24) is 14.8 Å². The number of aromatic nitrogens is 3. The first-order chi connectivity index (χ1) is 8.74. The summed E-state index contributed by atoms with van der Waals surface area (Å²) in [7, 11) is 1.90. The van der Waals surface area contributed by atoms with Crippen molar-refractivity contribution in [3.63, 3.8) is 0 Å². The maximum Gasteiger partial charge on any atom is 0.164 e. The smallest absolute Gasteiger partial charge is 0.164 e. The minimum Gasteiger partial charge on any atom is -0.324 e. The molecular weight excluding hydrogens is 224 g/mol. The van der Waals surface area contributed by atoms with E-state index in [0.717, 1.165) is 17.8 Å². The van der Waals surface area contributed by atoms with E-state index in [1.807, 2.05) is 7.05 Å². The third kappa shape index (κ3) is 2.76. The van der Waals surface area contributed by atoms with Gasteiger partial charge in [0.25, 0.3) is 0 Å². The largest absolute Gasteiger partial charge is 0.324 e. The fourth-order valence-electron chi connectivity index (χ4n) is 1.98. The average Bonchev–Trinajstić information content (AvgIpc) is 2.78. The molecule has 1 aromatic carbocycles. The van der Waals surface area contributed by atoms with Crippen molar-refractivity contribution in [3.05, 3.63) is 35.7 Å². The molecule has 1 aromatic heterocycles. The van der Waals surface area contributed by atoms with Gasteiger partial charge in [-0.25, -0.2) is 9.67 Å². The molecule has 0 aliphatic rings. The van der Waals surface area contributed by atoms with E-state index in [0.29, 0.717) is 12.4 Å². The Kier molecular flexibility index (Phi) is 4.10. The first-order valence-corrected chi connectivity index (χ1v) is 6.44. The average molecular weight is 244 g/mol. The van der Waals surface area contributed by atoms with Crippen LogP contribution in [-0.4, -0.2) is 14.8 Å². The lowest BCUT2D eigenvalue weighted by molar-refractivity contribution is 0.749. The number of aryl methyl sites for hydroxylation is 2. The molecule has 2 aromatic rings. The zero-order chi connectivity index (χ0) is 13.0. The fraction of sp³-hybridized carbons (Fsp3) is 0.429. The number of unbranched alkanes of at least 4 members (excludes halogenated alkanes) is 1. The normalized spacial score (nSPS) is 10.8. The zero-order valence-corrected chi connectivity index (χ0v) is 11.1. The Balaban J connectivity index is 2.20. The second kappa shape index (κ2) is 5.78. The summed E-state index contributed by atoms with van der Waals surface area (Å²) in [6, 6.07) is 8.55. The molecule has 0 amide bonds. The minimum absolute atomic E-state index is 0.377. The Morgan fingerprint density at radius 1 is 1.22 bits per heavy atom. The monoisotopic (exact) mass is 244 g/mol. The molecular formula is C14H20N4. The van der Waals surface area contributed by atoms with Crippen molar-refractivity contribution in [2.24, 2.45) is 12.8 Å². The molecule has 0 bridgehead atoms. The lowest BCUT2D eigenvalue weighted by atomic mass is 10.1. The van der Waals surface area contributed by atoms with E-state index in [4.69, 9.17) is 5.73 Å². The van der Waals surface area contributed by atoms with Crippen LogP contribution in [0.4, 0.5) is 0 Å². The predicted molar refractivity (Wildman–Crippen MR) is 72.9 cm³/mol. The standard InChI is InChI=1S/C14H20N4/c1-3-4-5-11-6-8-12(9-7-11)14-16-13(10-15)17-18(14)2/h6-9H,3-5,10,15H2,1-2H3. The predicted octanol–water partition coefficient (Wildman–Crippen LogP) is 2.28. The Bertz CT molecular complexity index is 499. The van der Waals surface area contributed by atoms with Crippen molar-refractivity contribution in [2.45, 2.75) is 32.7 Å². The molecule has 0 saturated carbocycles. The number of hydrogen-bond donors (Lipinski definition) is 1. The van der Waals surface area contributed by atoms with Gasteiger partial charge in [-0.15, -0.1) is 0 Å². The summed E-state index contributed by atoms with van der Waals surface area (Å²) in [5.41, 5.74) is 8.02. The van der Waals surface area contributed by atoms with E-state index in [2.05, 4.69) is 41.3 Å². The van der Waals surface area contributed by atoms with Gasteiger partial charge in [-0.2, -0.15) is 5.10 Å². The first kappa shape index (κ1) is 12.8. The Morgan fingerprint density at radius 3 is 2.50 bits per heavy atom. The van der Waals surface area contributed by atoms with Gasteiger partial charge in [-0.05, 0) is 18.4 Å². The van der Waals surface area contributed by atoms with E-state index < -0.39 is 0 Å². The second-order valence-electron chi connectivity index (χ2n) is 4.48. The maximum absolute atomic E-state index is 5.55. The molecule has 1 heterocycles. The van der Waals surface area contributed by atoms with E-state index in [9.17, 15) is 0 Å². The Labute approximate surface area is 108 Å². The van der Waals surface area contributed by atoms with Gasteiger partial charge in [-0.1, -0.05) is 37.6 Å². The van der Waals surface area contributed by atoms with Crippen molar-refractivity contribution in [3.8, 4) is 11.4 Å². The van der Waals surface area contributed by atoms with Crippen molar-refractivity contribution in [2.75, 3.05) is 0 Å². The van der Waals surface area contributed by atoms with Gasteiger partial charge < -0.3 is 5.73 Å². The number of rotatable bonds is 5. The third-order valence-electron chi connectivity index (χ3n) is 3.02. The summed E-state index contributed by atoms with van der Waals surface area (Å²) in [4.78, 5) is 4.42. The Morgan fingerprint density at radius 2 is 1.94 bits per heavy atom. The van der Waals surface area contributed by atoms with Gasteiger partial charge in [0, 0.05) is 12.6 Å². The third-order valence-corrected chi connectivity index (χ3v) is 3.02. The van der Waals surface area contributed by atoms with E-state index in [1.54, 1.807) is 4.68 Å². The summed E-state index contributed by atoms with van der Waals surface area (Å²) in [6.45, 7) is 2.59. The summed E-state index contributed by atoms with van der Waals surface area (Å²) in [5.74, 6) is 1.56. The van der Waals surface area contributed by atoms with Gasteiger partial charge in [0.15, 0.2) is 11.6 Å². The summed E-state index contributed by atoms with van der Waals surface area (Å²) in [6.07, 6.45) is 3.61. The number of nitrogens with two attached hydrogens (primary N) is 1. The van der Waals surface area contributed by atoms with Crippen LogP contribution in [0.2, 0.25) is 0 Å². The highest BCUT2D eigenvalue weighted by Crippen LogP contribution is 2.18. The number of nitrogens with zero attached hydrogens (tertiary/aromatic N) is 3. The lowest BCUT2D eigenvalue weighted by Gasteiger charge is -2.03. The molecule has 2 N–H and O–H groups in total. The quantitative estimate of drug-likeness (QED) is 0.878. The summed E-state index contributed by atoms with van der Waals surface area (Å²) in [5, 5.41) is 4.26. The highest BCUT2D eigenvalue weighted by atomic mass is 15.3. The molecule has 18 heavy (non-hydrogen) atoms. The molecule has 4 heteroatoms. The SMILES string of the molecule is CCCCc1ccc(-c2nc(CN)nn2C)cc1. The van der Waals surface area contributed by atoms with Crippen LogP contribution in [0, 0.1) is 0 Å². The molecule has 0 aliphatic carbocycles. The molecule has 0 atom stereocenters. The van der Waals surface area contributed by atoms with Gasteiger partial charge in [0.1, 0.15) is 0 Å². The molecule has 96 valence electrons. The minimum atomic E-state index is 0.377. The molecule has 2 rings (SSSR count). The number of hydrogen-bond acceptors (Lipinski definition) is 3. The van der Waals surface area contributed by atoms with Crippen LogP contribution >= 0.6 is 0 Å². The second-order valence-corrected chi connectivity index (χ2v) is 4.48.